The molecule has 3 rings (SSSR count). The van der Waals surface area contributed by atoms with Gasteiger partial charge < -0.3 is 15.2 Å². The van der Waals surface area contributed by atoms with E-state index in [2.05, 4.69) is 22.0 Å². The number of benzene rings is 1. The Morgan fingerprint density at radius 2 is 1.81 bits per heavy atom. The van der Waals surface area contributed by atoms with E-state index in [9.17, 15) is 0 Å². The second-order valence-electron chi connectivity index (χ2n) is 6.37. The third kappa shape index (κ3) is 3.07. The summed E-state index contributed by atoms with van der Waals surface area (Å²) in [7, 11) is 1.69. The summed E-state index contributed by atoms with van der Waals surface area (Å²) in [6, 6.07) is 4.11. The van der Waals surface area contributed by atoms with Crippen molar-refractivity contribution in [2.75, 3.05) is 7.11 Å². The molecule has 0 bridgehead atoms. The van der Waals surface area contributed by atoms with Crippen molar-refractivity contribution in [1.82, 2.24) is 0 Å². The second-order valence-corrected chi connectivity index (χ2v) is 7.22. The molecule has 0 aromatic heterocycles. The van der Waals surface area contributed by atoms with Gasteiger partial charge in [-0.15, -0.1) is 0 Å². The van der Waals surface area contributed by atoms with E-state index in [0.29, 0.717) is 6.10 Å². The Labute approximate surface area is 135 Å². The standard InChI is InChI=1S/C17H24BrNO2/c1-20-15-11-14(18)13(17(19)8-3-2-4-9-17)10-16(15)21-12-6-5-7-12/h10-12H,2-9,19H2,1H3. The first kappa shape index (κ1) is 15.2. The van der Waals surface area contributed by atoms with E-state index in [-0.39, 0.29) is 5.54 Å². The Kier molecular flexibility index (Phi) is 4.46. The topological polar surface area (TPSA) is 44.5 Å². The molecule has 0 heterocycles. The summed E-state index contributed by atoms with van der Waals surface area (Å²) in [4.78, 5) is 0. The molecule has 1 aromatic carbocycles. The average Bonchev–Trinajstić information content (AvgIpc) is 2.44. The zero-order valence-electron chi connectivity index (χ0n) is 12.7. The highest BCUT2D eigenvalue weighted by Crippen LogP contribution is 2.43. The number of halogens is 1. The van der Waals surface area contributed by atoms with Crippen LogP contribution in [-0.2, 0) is 5.54 Å². The third-order valence-electron chi connectivity index (χ3n) is 4.88. The highest BCUT2D eigenvalue weighted by atomic mass is 79.9. The van der Waals surface area contributed by atoms with Crippen LogP contribution in [0.15, 0.2) is 16.6 Å². The maximum absolute atomic E-state index is 6.69. The maximum atomic E-state index is 6.69. The van der Waals surface area contributed by atoms with Gasteiger partial charge in [-0.1, -0.05) is 35.2 Å². The number of nitrogens with two attached hydrogens (primary N) is 1. The van der Waals surface area contributed by atoms with Crippen LogP contribution in [0.3, 0.4) is 0 Å². The molecule has 4 heteroatoms. The van der Waals surface area contributed by atoms with Crippen molar-refractivity contribution >= 4 is 15.9 Å². The van der Waals surface area contributed by atoms with Gasteiger partial charge in [-0.25, -0.2) is 0 Å². The Morgan fingerprint density at radius 3 is 2.38 bits per heavy atom. The number of methoxy groups -OCH3 is 1. The summed E-state index contributed by atoms with van der Waals surface area (Å²) in [5.41, 5.74) is 7.62. The van der Waals surface area contributed by atoms with Gasteiger partial charge in [-0.05, 0) is 49.8 Å². The minimum absolute atomic E-state index is 0.235. The molecule has 116 valence electrons. The summed E-state index contributed by atoms with van der Waals surface area (Å²) in [5.74, 6) is 1.63. The zero-order chi connectivity index (χ0) is 14.9. The van der Waals surface area contributed by atoms with E-state index in [4.69, 9.17) is 15.2 Å². The molecule has 0 saturated heterocycles. The molecule has 0 spiro atoms. The highest BCUT2D eigenvalue weighted by Gasteiger charge is 2.33. The second kappa shape index (κ2) is 6.17. The lowest BCUT2D eigenvalue weighted by Gasteiger charge is -2.35. The average molecular weight is 354 g/mol. The van der Waals surface area contributed by atoms with Crippen molar-refractivity contribution in [2.24, 2.45) is 5.73 Å². The summed E-state index contributed by atoms with van der Waals surface area (Å²) >= 11 is 3.67. The monoisotopic (exact) mass is 353 g/mol. The Morgan fingerprint density at radius 1 is 1.10 bits per heavy atom. The predicted octanol–water partition coefficient (Wildman–Crippen LogP) is 4.51. The van der Waals surface area contributed by atoms with Crippen molar-refractivity contribution in [3.05, 3.63) is 22.2 Å². The molecule has 0 amide bonds. The first-order valence-corrected chi connectivity index (χ1v) is 8.75. The van der Waals surface area contributed by atoms with Crippen molar-refractivity contribution in [3.63, 3.8) is 0 Å². The van der Waals surface area contributed by atoms with Crippen LogP contribution in [-0.4, -0.2) is 13.2 Å². The molecule has 2 N–H and O–H groups in total. The highest BCUT2D eigenvalue weighted by molar-refractivity contribution is 9.10. The fraction of sp³-hybridized carbons (Fsp3) is 0.647. The summed E-state index contributed by atoms with van der Waals surface area (Å²) in [6.45, 7) is 0. The lowest BCUT2D eigenvalue weighted by atomic mass is 9.77. The third-order valence-corrected chi connectivity index (χ3v) is 5.54. The lowest BCUT2D eigenvalue weighted by Crippen LogP contribution is -2.39. The smallest absolute Gasteiger partial charge is 0.161 e. The van der Waals surface area contributed by atoms with Crippen molar-refractivity contribution in [1.29, 1.82) is 0 Å². The van der Waals surface area contributed by atoms with Crippen molar-refractivity contribution in [3.8, 4) is 11.5 Å². The molecule has 3 nitrogen and oxygen atoms in total. The Hall–Kier alpha value is -0.740. The largest absolute Gasteiger partial charge is 0.493 e. The van der Waals surface area contributed by atoms with E-state index in [0.717, 1.165) is 47.2 Å². The molecule has 0 radical (unpaired) electrons. The molecule has 0 atom stereocenters. The van der Waals surface area contributed by atoms with Gasteiger partial charge in [0.2, 0.25) is 0 Å². The van der Waals surface area contributed by atoms with Gasteiger partial charge in [0.25, 0.3) is 0 Å². The van der Waals surface area contributed by atoms with Crippen LogP contribution >= 0.6 is 15.9 Å². The molecule has 2 aliphatic carbocycles. The molecule has 21 heavy (non-hydrogen) atoms. The SMILES string of the molecule is COc1cc(Br)c(C2(N)CCCCC2)cc1OC1CCC1. The number of ether oxygens (including phenoxy) is 2. The Bertz CT molecular complexity index is 508. The summed E-state index contributed by atoms with van der Waals surface area (Å²) < 4.78 is 12.6. The quantitative estimate of drug-likeness (QED) is 0.865. The van der Waals surface area contributed by atoms with Crippen LogP contribution in [0.25, 0.3) is 0 Å². The predicted molar refractivity (Wildman–Crippen MR) is 87.9 cm³/mol. The van der Waals surface area contributed by atoms with E-state index in [1.54, 1.807) is 7.11 Å². The zero-order valence-corrected chi connectivity index (χ0v) is 14.2. The number of hydrogen-bond acceptors (Lipinski definition) is 3. The first-order valence-electron chi connectivity index (χ1n) is 7.96. The van der Waals surface area contributed by atoms with E-state index in [1.807, 2.05) is 6.07 Å². The van der Waals surface area contributed by atoms with E-state index >= 15 is 0 Å². The van der Waals surface area contributed by atoms with Gasteiger partial charge in [0.05, 0.1) is 13.2 Å². The van der Waals surface area contributed by atoms with Gasteiger partial charge in [0, 0.05) is 10.0 Å². The fourth-order valence-electron chi connectivity index (χ4n) is 3.29. The van der Waals surface area contributed by atoms with Crippen LogP contribution in [0.1, 0.15) is 56.9 Å². The Balaban J connectivity index is 1.93. The minimum atomic E-state index is -0.235. The van der Waals surface area contributed by atoms with Crippen LogP contribution in [0.2, 0.25) is 0 Å². The molecule has 2 fully saturated rings. The maximum Gasteiger partial charge on any atom is 0.161 e. The van der Waals surface area contributed by atoms with Gasteiger partial charge >= 0.3 is 0 Å². The van der Waals surface area contributed by atoms with Crippen LogP contribution < -0.4 is 15.2 Å². The van der Waals surface area contributed by atoms with Crippen LogP contribution in [0.4, 0.5) is 0 Å². The normalized spacial score (nSPS) is 21.7. The molecular formula is C17H24BrNO2. The van der Waals surface area contributed by atoms with E-state index in [1.165, 1.54) is 25.7 Å². The number of hydrogen-bond donors (Lipinski definition) is 1. The lowest BCUT2D eigenvalue weighted by molar-refractivity contribution is 0.115. The first-order chi connectivity index (χ1) is 10.1. The molecule has 0 unspecified atom stereocenters. The van der Waals surface area contributed by atoms with Gasteiger partial charge in [-0.3, -0.25) is 0 Å². The van der Waals surface area contributed by atoms with Gasteiger partial charge in [-0.2, -0.15) is 0 Å². The van der Waals surface area contributed by atoms with Crippen molar-refractivity contribution < 1.29 is 9.47 Å². The van der Waals surface area contributed by atoms with Crippen LogP contribution in [0.5, 0.6) is 11.5 Å². The molecule has 2 aliphatic rings. The van der Waals surface area contributed by atoms with Gasteiger partial charge in [0.1, 0.15) is 0 Å². The number of rotatable bonds is 4. The van der Waals surface area contributed by atoms with Crippen molar-refractivity contribution in [2.45, 2.75) is 63.0 Å². The summed E-state index contributed by atoms with van der Waals surface area (Å²) in [6.07, 6.45) is 9.66. The molecule has 0 aliphatic heterocycles. The van der Waals surface area contributed by atoms with E-state index < -0.39 is 0 Å². The van der Waals surface area contributed by atoms with Crippen LogP contribution in [0, 0.1) is 0 Å². The molecular weight excluding hydrogens is 330 g/mol. The molecule has 1 aromatic rings. The molecule has 2 saturated carbocycles. The summed E-state index contributed by atoms with van der Waals surface area (Å²) in [5, 5.41) is 0. The van der Waals surface area contributed by atoms with Gasteiger partial charge in [0.15, 0.2) is 11.5 Å². The fourth-order valence-corrected chi connectivity index (χ4v) is 4.01. The minimum Gasteiger partial charge on any atom is -0.493 e.